The number of nitrogens with one attached hydrogen (secondary N) is 2. The molecular formula is C14H28ClN6O4P. The van der Waals surface area contributed by atoms with Gasteiger partial charge in [-0.3, -0.25) is 9.36 Å². The largest absolute Gasteiger partial charge is 0.480 e. The molecule has 12 heteroatoms. The van der Waals surface area contributed by atoms with E-state index in [1.165, 1.54) is 6.66 Å². The zero-order valence-corrected chi connectivity index (χ0v) is 17.3. The van der Waals surface area contributed by atoms with Crippen LogP contribution >= 0.6 is 19.0 Å². The van der Waals surface area contributed by atoms with Crippen molar-refractivity contribution in [2.45, 2.75) is 45.7 Å². The number of anilines is 2. The van der Waals surface area contributed by atoms with Crippen molar-refractivity contribution in [3.05, 3.63) is 5.28 Å². The van der Waals surface area contributed by atoms with Crippen LogP contribution in [0.25, 0.3) is 0 Å². The molecule has 0 spiro atoms. The Morgan fingerprint density at radius 1 is 1.31 bits per heavy atom. The van der Waals surface area contributed by atoms with Crippen LogP contribution in [0.3, 0.4) is 0 Å². The van der Waals surface area contributed by atoms with E-state index >= 15 is 0 Å². The summed E-state index contributed by atoms with van der Waals surface area (Å²) in [4.78, 5) is 31.0. The molecule has 0 saturated carbocycles. The molecule has 10 nitrogen and oxygen atoms in total. The highest BCUT2D eigenvalue weighted by molar-refractivity contribution is 7.57. The maximum atomic E-state index is 10.6. The number of aromatic nitrogens is 3. The Bertz CT molecular complexity index is 634. The molecule has 0 bridgehead atoms. The molecular weight excluding hydrogens is 383 g/mol. The van der Waals surface area contributed by atoms with Gasteiger partial charge in [-0.25, -0.2) is 0 Å². The van der Waals surface area contributed by atoms with Crippen molar-refractivity contribution in [1.29, 1.82) is 0 Å². The van der Waals surface area contributed by atoms with Gasteiger partial charge in [0.15, 0.2) is 7.37 Å². The van der Waals surface area contributed by atoms with E-state index in [0.717, 1.165) is 6.54 Å². The first-order chi connectivity index (χ1) is 11.7. The Kier molecular flexibility index (Phi) is 10.0. The summed E-state index contributed by atoms with van der Waals surface area (Å²) in [6.45, 7) is 9.97. The second kappa shape index (κ2) is 10.6. The van der Waals surface area contributed by atoms with Crippen LogP contribution in [0.2, 0.25) is 5.28 Å². The molecule has 1 aromatic rings. The topological polar surface area (TPSA) is 163 Å². The molecule has 1 aromatic heterocycles. The Morgan fingerprint density at radius 2 is 1.85 bits per heavy atom. The molecule has 2 unspecified atom stereocenters. The average molecular weight is 411 g/mol. The third-order valence-electron chi connectivity index (χ3n) is 2.60. The van der Waals surface area contributed by atoms with Gasteiger partial charge < -0.3 is 26.4 Å². The van der Waals surface area contributed by atoms with Gasteiger partial charge in [-0.05, 0) is 45.7 Å². The van der Waals surface area contributed by atoms with Crippen molar-refractivity contribution in [3.8, 4) is 0 Å². The Hall–Kier alpha value is -1.48. The van der Waals surface area contributed by atoms with E-state index in [2.05, 4.69) is 25.6 Å². The second-order valence-electron chi connectivity index (χ2n) is 6.66. The summed E-state index contributed by atoms with van der Waals surface area (Å²) in [7, 11) is -3.10. The average Bonchev–Trinajstić information content (AvgIpc) is 2.42. The number of hydrogen-bond donors (Lipinski definition) is 5. The quantitative estimate of drug-likeness (QED) is 0.419. The zero-order valence-electron chi connectivity index (χ0n) is 15.7. The number of nitrogens with zero attached hydrogens (tertiary/aromatic N) is 3. The lowest BCUT2D eigenvalue weighted by Gasteiger charge is -2.20. The van der Waals surface area contributed by atoms with Crippen molar-refractivity contribution in [2.24, 2.45) is 5.73 Å². The minimum Gasteiger partial charge on any atom is -0.480 e. The SMILES string of the molecule is CCNc1nc(Cl)nc(NC(C)(C)C)n1.CP(=O)(O)CCC(N)C(=O)O. The summed E-state index contributed by atoms with van der Waals surface area (Å²) in [5.74, 6) is -0.166. The number of aliphatic carboxylic acids is 1. The molecule has 26 heavy (non-hydrogen) atoms. The van der Waals surface area contributed by atoms with Gasteiger partial charge in [-0.1, -0.05) is 0 Å². The minimum atomic E-state index is -3.10. The van der Waals surface area contributed by atoms with Gasteiger partial charge in [0.05, 0.1) is 0 Å². The molecule has 0 saturated heterocycles. The molecule has 0 aliphatic rings. The molecule has 1 rings (SSSR count). The van der Waals surface area contributed by atoms with Gasteiger partial charge in [0, 0.05) is 24.9 Å². The monoisotopic (exact) mass is 410 g/mol. The van der Waals surface area contributed by atoms with E-state index in [1.807, 2.05) is 27.7 Å². The summed E-state index contributed by atoms with van der Waals surface area (Å²) in [5.41, 5.74) is 4.99. The molecule has 0 aromatic carbocycles. The maximum Gasteiger partial charge on any atom is 0.320 e. The maximum absolute atomic E-state index is 10.6. The first-order valence-corrected chi connectivity index (χ1v) is 10.6. The first kappa shape index (κ1) is 24.5. The highest BCUT2D eigenvalue weighted by Crippen LogP contribution is 2.35. The highest BCUT2D eigenvalue weighted by Gasteiger charge is 2.16. The lowest BCUT2D eigenvalue weighted by molar-refractivity contribution is -0.138. The van der Waals surface area contributed by atoms with Crippen molar-refractivity contribution in [3.63, 3.8) is 0 Å². The van der Waals surface area contributed by atoms with E-state index in [4.69, 9.17) is 27.3 Å². The summed E-state index contributed by atoms with van der Waals surface area (Å²) < 4.78 is 10.6. The van der Waals surface area contributed by atoms with E-state index in [-0.39, 0.29) is 23.4 Å². The molecule has 0 fully saturated rings. The van der Waals surface area contributed by atoms with Gasteiger partial charge in [0.1, 0.15) is 6.04 Å². The van der Waals surface area contributed by atoms with Crippen molar-refractivity contribution < 1.29 is 19.4 Å². The zero-order chi connectivity index (χ0) is 20.5. The second-order valence-corrected chi connectivity index (χ2v) is 9.55. The van der Waals surface area contributed by atoms with Crippen LogP contribution in [0.15, 0.2) is 0 Å². The van der Waals surface area contributed by atoms with Gasteiger partial charge in [-0.2, -0.15) is 15.0 Å². The molecule has 2 atom stereocenters. The molecule has 150 valence electrons. The third kappa shape index (κ3) is 12.8. The molecule has 0 aliphatic heterocycles. The number of carboxylic acids is 1. The number of hydrogen-bond acceptors (Lipinski definition) is 8. The Labute approximate surface area is 158 Å². The van der Waals surface area contributed by atoms with Crippen LogP contribution in [-0.2, 0) is 9.36 Å². The molecule has 1 heterocycles. The fraction of sp³-hybridized carbons (Fsp3) is 0.714. The van der Waals surface area contributed by atoms with Crippen LogP contribution in [0.5, 0.6) is 0 Å². The van der Waals surface area contributed by atoms with E-state index in [0.29, 0.717) is 11.9 Å². The predicted octanol–water partition coefficient (Wildman–Crippen LogP) is 1.86. The van der Waals surface area contributed by atoms with Crippen molar-refractivity contribution in [1.82, 2.24) is 15.0 Å². The summed E-state index contributed by atoms with van der Waals surface area (Å²) in [6.07, 6.45) is 0.0000772. The predicted molar refractivity (Wildman–Crippen MR) is 103 cm³/mol. The van der Waals surface area contributed by atoms with Gasteiger partial charge in [0.2, 0.25) is 17.2 Å². The van der Waals surface area contributed by atoms with Crippen LogP contribution in [0, 0.1) is 0 Å². The number of carbonyl (C=O) groups is 1. The first-order valence-electron chi connectivity index (χ1n) is 7.95. The molecule has 0 amide bonds. The fourth-order valence-electron chi connectivity index (χ4n) is 1.48. The summed E-state index contributed by atoms with van der Waals surface area (Å²) in [5, 5.41) is 14.6. The number of halogens is 1. The van der Waals surface area contributed by atoms with Crippen LogP contribution in [0.4, 0.5) is 11.9 Å². The molecule has 0 radical (unpaired) electrons. The lowest BCUT2D eigenvalue weighted by atomic mass is 10.1. The van der Waals surface area contributed by atoms with Gasteiger partial charge in [0.25, 0.3) is 0 Å². The van der Waals surface area contributed by atoms with Crippen molar-refractivity contribution >= 4 is 36.8 Å². The number of nitrogens with two attached hydrogens (primary N) is 1. The highest BCUT2D eigenvalue weighted by atomic mass is 35.5. The minimum absolute atomic E-state index is 0.0412. The molecule has 6 N–H and O–H groups in total. The van der Waals surface area contributed by atoms with E-state index in [1.54, 1.807) is 0 Å². The van der Waals surface area contributed by atoms with E-state index < -0.39 is 19.4 Å². The van der Waals surface area contributed by atoms with Crippen LogP contribution in [0.1, 0.15) is 34.1 Å². The van der Waals surface area contributed by atoms with Crippen molar-refractivity contribution in [2.75, 3.05) is 30.0 Å². The number of rotatable bonds is 7. The summed E-state index contributed by atoms with van der Waals surface area (Å²) in [6, 6.07) is -1.03. The van der Waals surface area contributed by atoms with Crippen LogP contribution in [-0.4, -0.2) is 61.9 Å². The van der Waals surface area contributed by atoms with Gasteiger partial charge in [-0.15, -0.1) is 0 Å². The van der Waals surface area contributed by atoms with Crippen LogP contribution < -0.4 is 16.4 Å². The van der Waals surface area contributed by atoms with E-state index in [9.17, 15) is 9.36 Å². The Balaban J connectivity index is 0.000000508. The molecule has 0 aliphatic carbocycles. The lowest BCUT2D eigenvalue weighted by Crippen LogP contribution is -2.30. The standard InChI is InChI=1S/C9H16ClN5.C5H12NO4P/c1-5-11-7-12-6(10)13-8(14-7)15-9(2,3)4;1-11(9,10)3-2-4(6)5(7)8/h5H2,1-4H3,(H2,11,12,13,14,15);4H,2-3,6H2,1H3,(H,7,8)(H,9,10). The Morgan fingerprint density at radius 3 is 2.27 bits per heavy atom. The smallest absolute Gasteiger partial charge is 0.320 e. The normalized spacial score (nSPS) is 14.5. The number of carboxylic acid groups (broad SMARTS) is 1. The fourth-order valence-corrected chi connectivity index (χ4v) is 2.40. The summed E-state index contributed by atoms with van der Waals surface area (Å²) >= 11 is 5.77. The third-order valence-corrected chi connectivity index (χ3v) is 3.86. The van der Waals surface area contributed by atoms with Gasteiger partial charge >= 0.3 is 5.97 Å².